The van der Waals surface area contributed by atoms with Gasteiger partial charge < -0.3 is 5.11 Å². The molecule has 0 aliphatic carbocycles. The predicted molar refractivity (Wildman–Crippen MR) is 45.4 cm³/mol. The molecular weight excluding hydrogens is 140 g/mol. The highest BCUT2D eigenvalue weighted by Crippen LogP contribution is 2.31. The van der Waals surface area contributed by atoms with Crippen LogP contribution in [0.1, 0.15) is 34.6 Å². The first-order valence-corrected chi connectivity index (χ1v) is 3.99. The molecular formula is C9H18O2. The largest absolute Gasteiger partial charge is 0.481 e. The zero-order valence-electron chi connectivity index (χ0n) is 8.01. The van der Waals surface area contributed by atoms with Gasteiger partial charge in [0.1, 0.15) is 0 Å². The van der Waals surface area contributed by atoms with E-state index in [-0.39, 0.29) is 17.3 Å². The second-order valence-corrected chi connectivity index (χ2v) is 4.43. The Morgan fingerprint density at radius 1 is 1.27 bits per heavy atom. The molecule has 0 aliphatic rings. The molecule has 2 nitrogen and oxygen atoms in total. The third-order valence-electron chi connectivity index (χ3n) is 1.87. The molecule has 1 N–H and O–H groups in total. The maximum Gasteiger partial charge on any atom is 0.307 e. The summed E-state index contributed by atoms with van der Waals surface area (Å²) in [7, 11) is 0. The summed E-state index contributed by atoms with van der Waals surface area (Å²) in [4.78, 5) is 10.8. The lowest BCUT2D eigenvalue weighted by Gasteiger charge is -2.29. The fourth-order valence-electron chi connectivity index (χ4n) is 1.66. The van der Waals surface area contributed by atoms with E-state index in [0.29, 0.717) is 0 Å². The molecule has 0 bridgehead atoms. The van der Waals surface area contributed by atoms with Gasteiger partial charge in [-0.1, -0.05) is 34.6 Å². The van der Waals surface area contributed by atoms with E-state index in [2.05, 4.69) is 0 Å². The average Bonchev–Trinajstić information content (AvgIpc) is 1.54. The molecule has 11 heavy (non-hydrogen) atoms. The summed E-state index contributed by atoms with van der Waals surface area (Å²) in [6.45, 7) is 9.79. The van der Waals surface area contributed by atoms with Crippen molar-refractivity contribution in [3.63, 3.8) is 0 Å². The van der Waals surface area contributed by atoms with Crippen molar-refractivity contribution in [2.45, 2.75) is 34.6 Å². The lowest BCUT2D eigenvalue weighted by molar-refractivity contribution is -0.147. The van der Waals surface area contributed by atoms with Crippen LogP contribution >= 0.6 is 0 Å². The Morgan fingerprint density at radius 2 is 1.64 bits per heavy atom. The number of carboxylic acid groups (broad SMARTS) is 1. The van der Waals surface area contributed by atoms with Crippen molar-refractivity contribution in [3.05, 3.63) is 0 Å². The van der Waals surface area contributed by atoms with E-state index in [1.165, 1.54) is 0 Å². The summed E-state index contributed by atoms with van der Waals surface area (Å²) in [5.41, 5.74) is -0.139. The summed E-state index contributed by atoms with van der Waals surface area (Å²) in [5, 5.41) is 8.88. The molecule has 0 aromatic heterocycles. The van der Waals surface area contributed by atoms with Crippen LogP contribution in [0.4, 0.5) is 0 Å². The fraction of sp³-hybridized carbons (Fsp3) is 0.889. The highest BCUT2D eigenvalue weighted by molar-refractivity contribution is 5.71. The van der Waals surface area contributed by atoms with Gasteiger partial charge in [-0.05, 0) is 11.3 Å². The van der Waals surface area contributed by atoms with Crippen LogP contribution in [0.3, 0.4) is 0 Å². The van der Waals surface area contributed by atoms with Crippen LogP contribution in [0.15, 0.2) is 0 Å². The molecule has 1 unspecified atom stereocenters. The fourth-order valence-corrected chi connectivity index (χ4v) is 1.66. The molecule has 1 atom stereocenters. The Balaban J connectivity index is 4.49. The van der Waals surface area contributed by atoms with Crippen LogP contribution in [-0.4, -0.2) is 11.1 Å². The summed E-state index contributed by atoms with van der Waals surface area (Å²) in [6.07, 6.45) is 0. The van der Waals surface area contributed by atoms with E-state index in [0.717, 1.165) is 0 Å². The van der Waals surface area contributed by atoms with Crippen LogP contribution in [0.5, 0.6) is 0 Å². The molecule has 2 heteroatoms. The number of rotatable bonds is 2. The maximum atomic E-state index is 10.8. The number of aliphatic carboxylic acids is 1. The Hall–Kier alpha value is -0.530. The monoisotopic (exact) mass is 158 g/mol. The topological polar surface area (TPSA) is 37.3 Å². The third-order valence-corrected chi connectivity index (χ3v) is 1.87. The number of hydrogen-bond acceptors (Lipinski definition) is 1. The standard InChI is InChI=1S/C9H18O2/c1-6(2)7(8(10)11)9(3,4)5/h6-7H,1-5H3,(H,10,11). The van der Waals surface area contributed by atoms with Gasteiger partial charge in [0.2, 0.25) is 0 Å². The lowest BCUT2D eigenvalue weighted by Crippen LogP contribution is -2.32. The van der Waals surface area contributed by atoms with Crippen molar-refractivity contribution in [3.8, 4) is 0 Å². The lowest BCUT2D eigenvalue weighted by atomic mass is 9.74. The average molecular weight is 158 g/mol. The molecule has 0 aliphatic heterocycles. The first-order chi connectivity index (χ1) is 4.76. The zero-order chi connectivity index (χ0) is 9.23. The van der Waals surface area contributed by atoms with Gasteiger partial charge in [-0.15, -0.1) is 0 Å². The third kappa shape index (κ3) is 2.91. The van der Waals surface area contributed by atoms with Gasteiger partial charge in [0.05, 0.1) is 5.92 Å². The van der Waals surface area contributed by atoms with E-state index in [4.69, 9.17) is 5.11 Å². The van der Waals surface area contributed by atoms with E-state index >= 15 is 0 Å². The van der Waals surface area contributed by atoms with Crippen LogP contribution in [0.2, 0.25) is 0 Å². The van der Waals surface area contributed by atoms with Crippen LogP contribution < -0.4 is 0 Å². The molecule has 0 saturated heterocycles. The van der Waals surface area contributed by atoms with E-state index in [1.807, 2.05) is 34.6 Å². The van der Waals surface area contributed by atoms with Gasteiger partial charge in [-0.25, -0.2) is 0 Å². The van der Waals surface area contributed by atoms with Gasteiger partial charge >= 0.3 is 5.97 Å². The SMILES string of the molecule is CC(C)C(C(=O)O)C(C)(C)C. The molecule has 0 heterocycles. The Labute approximate surface area is 68.6 Å². The van der Waals surface area contributed by atoms with E-state index in [9.17, 15) is 4.79 Å². The molecule has 0 saturated carbocycles. The molecule has 0 amide bonds. The molecule has 0 aromatic rings. The van der Waals surface area contributed by atoms with Crippen molar-refractivity contribution in [2.75, 3.05) is 0 Å². The molecule has 0 aromatic carbocycles. The van der Waals surface area contributed by atoms with Crippen LogP contribution in [0, 0.1) is 17.3 Å². The van der Waals surface area contributed by atoms with E-state index in [1.54, 1.807) is 0 Å². The Kier molecular flexibility index (Phi) is 3.09. The van der Waals surface area contributed by atoms with Gasteiger partial charge in [-0.3, -0.25) is 4.79 Å². The van der Waals surface area contributed by atoms with Crippen molar-refractivity contribution >= 4 is 5.97 Å². The highest BCUT2D eigenvalue weighted by Gasteiger charge is 2.33. The van der Waals surface area contributed by atoms with Gasteiger partial charge in [0.25, 0.3) is 0 Å². The molecule has 0 rings (SSSR count). The highest BCUT2D eigenvalue weighted by atomic mass is 16.4. The molecule has 66 valence electrons. The molecule has 0 spiro atoms. The predicted octanol–water partition coefficient (Wildman–Crippen LogP) is 2.39. The number of hydrogen-bond donors (Lipinski definition) is 1. The minimum absolute atomic E-state index is 0.139. The van der Waals surface area contributed by atoms with E-state index < -0.39 is 5.97 Å². The summed E-state index contributed by atoms with van der Waals surface area (Å²) >= 11 is 0. The quantitative estimate of drug-likeness (QED) is 0.670. The van der Waals surface area contributed by atoms with Gasteiger partial charge in [0, 0.05) is 0 Å². The number of carboxylic acids is 1. The maximum absolute atomic E-state index is 10.8. The van der Waals surface area contributed by atoms with Crippen molar-refractivity contribution in [1.82, 2.24) is 0 Å². The summed E-state index contributed by atoms with van der Waals surface area (Å²) in [6, 6.07) is 0. The minimum atomic E-state index is -0.688. The first-order valence-electron chi connectivity index (χ1n) is 3.99. The molecule has 0 radical (unpaired) electrons. The van der Waals surface area contributed by atoms with Crippen molar-refractivity contribution in [2.24, 2.45) is 17.3 Å². The second kappa shape index (κ2) is 3.24. The van der Waals surface area contributed by atoms with Crippen molar-refractivity contribution in [1.29, 1.82) is 0 Å². The second-order valence-electron chi connectivity index (χ2n) is 4.43. The smallest absolute Gasteiger partial charge is 0.307 e. The van der Waals surface area contributed by atoms with Gasteiger partial charge in [0.15, 0.2) is 0 Å². The summed E-state index contributed by atoms with van der Waals surface area (Å²) in [5.74, 6) is -0.734. The zero-order valence-corrected chi connectivity index (χ0v) is 8.01. The number of carbonyl (C=O) groups is 1. The van der Waals surface area contributed by atoms with Crippen LogP contribution in [-0.2, 0) is 4.79 Å². The molecule has 0 fully saturated rings. The Morgan fingerprint density at radius 3 is 1.64 bits per heavy atom. The Bertz CT molecular complexity index is 142. The van der Waals surface area contributed by atoms with Crippen LogP contribution in [0.25, 0.3) is 0 Å². The summed E-state index contributed by atoms with van der Waals surface area (Å²) < 4.78 is 0. The van der Waals surface area contributed by atoms with Crippen molar-refractivity contribution < 1.29 is 9.90 Å². The normalized spacial score (nSPS) is 15.1. The minimum Gasteiger partial charge on any atom is -0.481 e. The van der Waals surface area contributed by atoms with Gasteiger partial charge in [-0.2, -0.15) is 0 Å². The first kappa shape index (κ1) is 10.5.